The number of likely N-dealkylation sites (tertiary alicyclic amines) is 1. The summed E-state index contributed by atoms with van der Waals surface area (Å²) in [5, 5.41) is 9.15. The Morgan fingerprint density at radius 2 is 1.69 bits per heavy atom. The summed E-state index contributed by atoms with van der Waals surface area (Å²) in [7, 11) is 0. The highest BCUT2D eigenvalue weighted by molar-refractivity contribution is 5.76. The van der Waals surface area contributed by atoms with E-state index >= 15 is 0 Å². The van der Waals surface area contributed by atoms with Gasteiger partial charge < -0.3 is 15.7 Å². The Morgan fingerprint density at radius 3 is 2.31 bits per heavy atom. The van der Waals surface area contributed by atoms with Gasteiger partial charge in [-0.2, -0.15) is 0 Å². The van der Waals surface area contributed by atoms with Crippen molar-refractivity contribution in [3.05, 3.63) is 70.8 Å². The average Bonchev–Trinajstić information content (AvgIpc) is 2.72. The van der Waals surface area contributed by atoms with Crippen LogP contribution < -0.4 is 5.73 Å². The van der Waals surface area contributed by atoms with E-state index in [9.17, 15) is 4.79 Å². The van der Waals surface area contributed by atoms with Crippen LogP contribution in [0.3, 0.4) is 0 Å². The molecule has 0 spiro atoms. The number of nitrogens with zero attached hydrogens (tertiary/aromatic N) is 1. The maximum absolute atomic E-state index is 12.6. The molecule has 1 amide bonds. The molecule has 0 atom stereocenters. The Hall–Kier alpha value is -2.17. The number of hydrogen-bond acceptors (Lipinski definition) is 3. The topological polar surface area (TPSA) is 66.6 Å². The van der Waals surface area contributed by atoms with Crippen molar-refractivity contribution in [1.82, 2.24) is 4.90 Å². The molecule has 0 unspecified atom stereocenters. The first-order valence-corrected chi connectivity index (χ1v) is 9.45. The minimum absolute atomic E-state index is 0.0838. The summed E-state index contributed by atoms with van der Waals surface area (Å²) in [6, 6.07) is 16.3. The van der Waals surface area contributed by atoms with Gasteiger partial charge in [-0.1, -0.05) is 48.5 Å². The van der Waals surface area contributed by atoms with Crippen LogP contribution in [0.5, 0.6) is 0 Å². The highest BCUT2D eigenvalue weighted by Gasteiger charge is 2.23. The van der Waals surface area contributed by atoms with Gasteiger partial charge >= 0.3 is 0 Å². The smallest absolute Gasteiger partial charge is 0.222 e. The van der Waals surface area contributed by atoms with Crippen LogP contribution in [0.4, 0.5) is 0 Å². The molecule has 0 bridgehead atoms. The number of aliphatic hydroxyl groups excluding tert-OH is 1. The number of hydrogen-bond donors (Lipinski definition) is 2. The van der Waals surface area contributed by atoms with E-state index in [1.807, 2.05) is 35.2 Å². The summed E-state index contributed by atoms with van der Waals surface area (Å²) in [5.74, 6) is 0.746. The van der Waals surface area contributed by atoms with E-state index in [-0.39, 0.29) is 12.5 Å². The van der Waals surface area contributed by atoms with Crippen molar-refractivity contribution >= 4 is 5.91 Å². The second kappa shape index (κ2) is 8.97. The summed E-state index contributed by atoms with van der Waals surface area (Å²) in [4.78, 5) is 14.6. The van der Waals surface area contributed by atoms with Crippen LogP contribution in [0.1, 0.15) is 47.4 Å². The summed E-state index contributed by atoms with van der Waals surface area (Å²) < 4.78 is 0. The van der Waals surface area contributed by atoms with E-state index in [0.29, 0.717) is 18.9 Å². The zero-order valence-corrected chi connectivity index (χ0v) is 15.2. The standard InChI is InChI=1S/C22H28N2O2/c23-15-21-4-2-1-3-18(21)9-10-22(26)24-13-11-20(12-14-24)19-7-5-17(16-25)6-8-19/h1-8,20,25H,9-16,23H2. The molecule has 0 aromatic heterocycles. The van der Waals surface area contributed by atoms with Gasteiger partial charge in [-0.05, 0) is 47.4 Å². The first kappa shape index (κ1) is 18.6. The van der Waals surface area contributed by atoms with Gasteiger partial charge in [-0.3, -0.25) is 4.79 Å². The Bertz CT molecular complexity index is 719. The second-order valence-corrected chi connectivity index (χ2v) is 7.03. The second-order valence-electron chi connectivity index (χ2n) is 7.03. The average molecular weight is 352 g/mol. The molecule has 1 heterocycles. The fourth-order valence-electron chi connectivity index (χ4n) is 3.76. The maximum atomic E-state index is 12.6. The molecule has 0 aliphatic carbocycles. The third kappa shape index (κ3) is 4.51. The lowest BCUT2D eigenvalue weighted by atomic mass is 9.89. The first-order valence-electron chi connectivity index (χ1n) is 9.45. The number of aliphatic hydroxyl groups is 1. The van der Waals surface area contributed by atoms with E-state index in [1.54, 1.807) is 0 Å². The summed E-state index contributed by atoms with van der Waals surface area (Å²) in [6.45, 7) is 2.25. The molecule has 138 valence electrons. The molecule has 1 aliphatic heterocycles. The van der Waals surface area contributed by atoms with Crippen LogP contribution in [-0.4, -0.2) is 29.0 Å². The number of carbonyl (C=O) groups excluding carboxylic acids is 1. The number of amides is 1. The summed E-state index contributed by atoms with van der Waals surface area (Å²) >= 11 is 0. The minimum Gasteiger partial charge on any atom is -0.392 e. The maximum Gasteiger partial charge on any atom is 0.222 e. The third-order valence-corrected chi connectivity index (χ3v) is 5.43. The van der Waals surface area contributed by atoms with Crippen LogP contribution in [0, 0.1) is 0 Å². The van der Waals surface area contributed by atoms with Crippen molar-refractivity contribution in [2.45, 2.75) is 44.8 Å². The molecule has 0 radical (unpaired) electrons. The number of benzene rings is 2. The molecule has 0 saturated carbocycles. The lowest BCUT2D eigenvalue weighted by molar-refractivity contribution is -0.132. The van der Waals surface area contributed by atoms with Crippen LogP contribution in [0.15, 0.2) is 48.5 Å². The molecule has 2 aromatic carbocycles. The quantitative estimate of drug-likeness (QED) is 0.840. The van der Waals surface area contributed by atoms with E-state index < -0.39 is 0 Å². The third-order valence-electron chi connectivity index (χ3n) is 5.43. The van der Waals surface area contributed by atoms with Crippen molar-refractivity contribution in [1.29, 1.82) is 0 Å². The van der Waals surface area contributed by atoms with E-state index in [2.05, 4.69) is 18.2 Å². The molecule has 3 rings (SSSR count). The number of nitrogens with two attached hydrogens (primary N) is 1. The normalized spacial score (nSPS) is 15.2. The summed E-state index contributed by atoms with van der Waals surface area (Å²) in [6.07, 6.45) is 3.31. The Morgan fingerprint density at radius 1 is 1.04 bits per heavy atom. The van der Waals surface area contributed by atoms with E-state index in [1.165, 1.54) is 11.1 Å². The number of rotatable bonds is 6. The zero-order chi connectivity index (χ0) is 18.4. The number of carbonyl (C=O) groups is 1. The van der Waals surface area contributed by atoms with E-state index in [4.69, 9.17) is 10.8 Å². The Labute approximate surface area is 155 Å². The molecule has 2 aromatic rings. The number of aryl methyl sites for hydroxylation is 1. The number of piperidine rings is 1. The van der Waals surface area contributed by atoms with Gasteiger partial charge in [0.15, 0.2) is 0 Å². The SMILES string of the molecule is NCc1ccccc1CCC(=O)N1CCC(c2ccc(CO)cc2)CC1. The van der Waals surface area contributed by atoms with Gasteiger partial charge in [-0.25, -0.2) is 0 Å². The van der Waals surface area contributed by atoms with Gasteiger partial charge in [0.1, 0.15) is 0 Å². The molecule has 4 nitrogen and oxygen atoms in total. The fourth-order valence-corrected chi connectivity index (χ4v) is 3.76. The molecule has 26 heavy (non-hydrogen) atoms. The van der Waals surface area contributed by atoms with Crippen LogP contribution in [0.2, 0.25) is 0 Å². The van der Waals surface area contributed by atoms with Crippen molar-refractivity contribution in [2.24, 2.45) is 5.73 Å². The predicted molar refractivity (Wildman–Crippen MR) is 104 cm³/mol. The monoisotopic (exact) mass is 352 g/mol. The summed E-state index contributed by atoms with van der Waals surface area (Å²) in [5.41, 5.74) is 10.3. The molecule has 1 fully saturated rings. The predicted octanol–water partition coefficient (Wildman–Crippen LogP) is 2.98. The van der Waals surface area contributed by atoms with E-state index in [0.717, 1.165) is 43.5 Å². The van der Waals surface area contributed by atoms with Gasteiger partial charge in [0.2, 0.25) is 5.91 Å². The molecular weight excluding hydrogens is 324 g/mol. The van der Waals surface area contributed by atoms with Crippen molar-refractivity contribution < 1.29 is 9.90 Å². The van der Waals surface area contributed by atoms with Gasteiger partial charge in [0.05, 0.1) is 6.61 Å². The molecule has 3 N–H and O–H groups in total. The molecule has 1 saturated heterocycles. The van der Waals surface area contributed by atoms with Crippen LogP contribution in [0.25, 0.3) is 0 Å². The minimum atomic E-state index is 0.0838. The van der Waals surface area contributed by atoms with Crippen molar-refractivity contribution in [3.63, 3.8) is 0 Å². The fraction of sp³-hybridized carbons (Fsp3) is 0.409. The Balaban J connectivity index is 1.50. The van der Waals surface area contributed by atoms with Gasteiger partial charge in [0, 0.05) is 26.1 Å². The molecule has 4 heteroatoms. The van der Waals surface area contributed by atoms with Gasteiger partial charge in [-0.15, -0.1) is 0 Å². The highest BCUT2D eigenvalue weighted by Crippen LogP contribution is 2.28. The molecular formula is C22H28N2O2. The van der Waals surface area contributed by atoms with Gasteiger partial charge in [0.25, 0.3) is 0 Å². The van der Waals surface area contributed by atoms with Crippen LogP contribution in [-0.2, 0) is 24.4 Å². The lowest BCUT2D eigenvalue weighted by Crippen LogP contribution is -2.38. The first-order chi connectivity index (χ1) is 12.7. The highest BCUT2D eigenvalue weighted by atomic mass is 16.3. The lowest BCUT2D eigenvalue weighted by Gasteiger charge is -2.32. The van der Waals surface area contributed by atoms with Crippen molar-refractivity contribution in [2.75, 3.05) is 13.1 Å². The largest absolute Gasteiger partial charge is 0.392 e. The van der Waals surface area contributed by atoms with Crippen LogP contribution >= 0.6 is 0 Å². The molecule has 1 aliphatic rings. The Kier molecular flexibility index (Phi) is 6.42. The zero-order valence-electron chi connectivity index (χ0n) is 15.2. The van der Waals surface area contributed by atoms with Crippen molar-refractivity contribution in [3.8, 4) is 0 Å².